The van der Waals surface area contributed by atoms with Crippen LogP contribution in [-0.2, 0) is 0 Å². The van der Waals surface area contributed by atoms with Gasteiger partial charge in [0.15, 0.2) is 0 Å². The number of carbonyl (C=O) groups excluding carboxylic acids is 1. The fourth-order valence-electron chi connectivity index (χ4n) is 2.15. The van der Waals surface area contributed by atoms with Crippen molar-refractivity contribution in [3.8, 4) is 23.0 Å². The summed E-state index contributed by atoms with van der Waals surface area (Å²) in [5, 5.41) is 3.99. The summed E-state index contributed by atoms with van der Waals surface area (Å²) >= 11 is 3.40. The van der Waals surface area contributed by atoms with E-state index in [-0.39, 0.29) is 0 Å². The second-order valence-electron chi connectivity index (χ2n) is 5.03. The first-order valence-corrected chi connectivity index (χ1v) is 8.29. The Labute approximate surface area is 160 Å². The highest BCUT2D eigenvalue weighted by atomic mass is 79.9. The highest BCUT2D eigenvalue weighted by Gasteiger charge is 2.10. The molecule has 0 fully saturated rings. The normalized spacial score (nSPS) is 10.5. The van der Waals surface area contributed by atoms with Crippen LogP contribution in [0.15, 0.2) is 39.9 Å². The summed E-state index contributed by atoms with van der Waals surface area (Å²) in [5.74, 6) is 1.82. The van der Waals surface area contributed by atoms with E-state index in [0.717, 1.165) is 4.47 Å². The van der Waals surface area contributed by atoms with Crippen molar-refractivity contribution in [2.24, 2.45) is 5.10 Å². The van der Waals surface area contributed by atoms with Gasteiger partial charge in [-0.25, -0.2) is 5.43 Å². The lowest BCUT2D eigenvalue weighted by atomic mass is 10.2. The van der Waals surface area contributed by atoms with Gasteiger partial charge < -0.3 is 18.9 Å². The van der Waals surface area contributed by atoms with E-state index < -0.39 is 5.91 Å². The number of amides is 1. The fraction of sp³-hybridized carbons (Fsp3) is 0.222. The minimum atomic E-state index is -0.398. The number of nitrogens with one attached hydrogen (secondary N) is 1. The Morgan fingerprint density at radius 3 is 2.08 bits per heavy atom. The topological polar surface area (TPSA) is 78.4 Å². The summed E-state index contributed by atoms with van der Waals surface area (Å²) in [6, 6.07) is 8.37. The Bertz CT molecular complexity index is 801. The molecule has 0 aliphatic heterocycles. The van der Waals surface area contributed by atoms with Crippen LogP contribution in [0.25, 0.3) is 0 Å². The van der Waals surface area contributed by atoms with Gasteiger partial charge in [0.05, 0.1) is 39.1 Å². The second-order valence-corrected chi connectivity index (χ2v) is 5.88. The lowest BCUT2D eigenvalue weighted by Crippen LogP contribution is -2.17. The van der Waals surface area contributed by atoms with Crippen LogP contribution >= 0.6 is 15.9 Å². The molecule has 0 saturated heterocycles. The van der Waals surface area contributed by atoms with Crippen LogP contribution in [0.5, 0.6) is 23.0 Å². The Morgan fingerprint density at radius 1 is 0.923 bits per heavy atom. The van der Waals surface area contributed by atoms with Crippen LogP contribution in [-0.4, -0.2) is 40.6 Å². The number of methoxy groups -OCH3 is 4. The Kier molecular flexibility index (Phi) is 6.85. The Balaban J connectivity index is 2.18. The molecule has 0 heterocycles. The molecule has 8 heteroatoms. The third-order valence-electron chi connectivity index (χ3n) is 3.49. The zero-order valence-electron chi connectivity index (χ0n) is 14.8. The van der Waals surface area contributed by atoms with Crippen molar-refractivity contribution in [2.75, 3.05) is 28.4 Å². The SMILES string of the molecule is COc1cc(OC)cc(C(=O)N/N=C\c2cc(Br)c(OC)cc2OC)c1. The summed E-state index contributed by atoms with van der Waals surface area (Å²) in [5.41, 5.74) is 3.50. The number of rotatable bonds is 7. The molecule has 0 bridgehead atoms. The number of hydrogen-bond acceptors (Lipinski definition) is 6. The van der Waals surface area contributed by atoms with Gasteiger partial charge in [0, 0.05) is 23.3 Å². The van der Waals surface area contributed by atoms with E-state index in [0.29, 0.717) is 34.1 Å². The van der Waals surface area contributed by atoms with Gasteiger partial charge in [0.25, 0.3) is 5.91 Å². The molecule has 0 atom stereocenters. The van der Waals surface area contributed by atoms with Gasteiger partial charge in [-0.05, 0) is 34.1 Å². The summed E-state index contributed by atoms with van der Waals surface area (Å²) < 4.78 is 21.6. The van der Waals surface area contributed by atoms with Gasteiger partial charge in [-0.2, -0.15) is 5.10 Å². The van der Waals surface area contributed by atoms with Crippen molar-refractivity contribution >= 4 is 28.1 Å². The van der Waals surface area contributed by atoms with Crippen molar-refractivity contribution in [2.45, 2.75) is 0 Å². The fourth-order valence-corrected chi connectivity index (χ4v) is 2.67. The van der Waals surface area contributed by atoms with E-state index in [9.17, 15) is 4.79 Å². The molecule has 138 valence electrons. The third-order valence-corrected chi connectivity index (χ3v) is 4.11. The van der Waals surface area contributed by atoms with Gasteiger partial charge in [-0.15, -0.1) is 0 Å². The predicted molar refractivity (Wildman–Crippen MR) is 102 cm³/mol. The molecule has 0 aromatic heterocycles. The molecule has 2 aromatic rings. The maximum Gasteiger partial charge on any atom is 0.271 e. The molecular weight excluding hydrogens is 404 g/mol. The minimum Gasteiger partial charge on any atom is -0.497 e. The van der Waals surface area contributed by atoms with E-state index in [1.807, 2.05) is 0 Å². The lowest BCUT2D eigenvalue weighted by Gasteiger charge is -2.09. The van der Waals surface area contributed by atoms with Crippen LogP contribution in [0.3, 0.4) is 0 Å². The average Bonchev–Trinajstić information content (AvgIpc) is 2.67. The van der Waals surface area contributed by atoms with E-state index in [2.05, 4.69) is 26.5 Å². The first kappa shape index (κ1) is 19.6. The number of halogens is 1. The van der Waals surface area contributed by atoms with Gasteiger partial charge in [0.1, 0.15) is 23.0 Å². The molecule has 0 aliphatic carbocycles. The molecule has 0 radical (unpaired) electrons. The van der Waals surface area contributed by atoms with E-state index in [1.165, 1.54) is 20.4 Å². The van der Waals surface area contributed by atoms with E-state index in [1.54, 1.807) is 44.6 Å². The number of benzene rings is 2. The molecular formula is C18H19BrN2O5. The predicted octanol–water partition coefficient (Wildman–Crippen LogP) is 3.25. The van der Waals surface area contributed by atoms with Gasteiger partial charge in [0.2, 0.25) is 0 Å². The quantitative estimate of drug-likeness (QED) is 0.547. The molecule has 0 unspecified atom stereocenters. The largest absolute Gasteiger partial charge is 0.497 e. The maximum atomic E-state index is 12.3. The van der Waals surface area contributed by atoms with Crippen molar-refractivity contribution in [3.63, 3.8) is 0 Å². The van der Waals surface area contributed by atoms with Crippen LogP contribution < -0.4 is 24.4 Å². The van der Waals surface area contributed by atoms with Crippen molar-refractivity contribution in [1.29, 1.82) is 0 Å². The first-order valence-electron chi connectivity index (χ1n) is 7.50. The molecule has 1 N–H and O–H groups in total. The Morgan fingerprint density at radius 2 is 1.54 bits per heavy atom. The smallest absolute Gasteiger partial charge is 0.271 e. The summed E-state index contributed by atoms with van der Waals surface area (Å²) in [4.78, 5) is 12.3. The molecule has 0 spiro atoms. The number of carbonyl (C=O) groups is 1. The first-order chi connectivity index (χ1) is 12.5. The third kappa shape index (κ3) is 4.66. The highest BCUT2D eigenvalue weighted by Crippen LogP contribution is 2.32. The molecule has 26 heavy (non-hydrogen) atoms. The van der Waals surface area contributed by atoms with Gasteiger partial charge >= 0.3 is 0 Å². The van der Waals surface area contributed by atoms with E-state index in [4.69, 9.17) is 18.9 Å². The Hall–Kier alpha value is -2.74. The second kappa shape index (κ2) is 9.10. The number of nitrogens with zero attached hydrogens (tertiary/aromatic N) is 1. The van der Waals surface area contributed by atoms with Crippen molar-refractivity contribution in [3.05, 3.63) is 45.9 Å². The summed E-state index contributed by atoms with van der Waals surface area (Å²) in [7, 11) is 6.14. The average molecular weight is 423 g/mol. The molecule has 7 nitrogen and oxygen atoms in total. The molecule has 2 rings (SSSR count). The lowest BCUT2D eigenvalue weighted by molar-refractivity contribution is 0.0954. The number of ether oxygens (including phenoxy) is 4. The maximum absolute atomic E-state index is 12.3. The van der Waals surface area contributed by atoms with Gasteiger partial charge in [-0.3, -0.25) is 4.79 Å². The molecule has 0 saturated carbocycles. The zero-order valence-corrected chi connectivity index (χ0v) is 16.4. The molecule has 1 amide bonds. The number of hydrazone groups is 1. The van der Waals surface area contributed by atoms with E-state index >= 15 is 0 Å². The van der Waals surface area contributed by atoms with Crippen LogP contribution in [0, 0.1) is 0 Å². The van der Waals surface area contributed by atoms with Crippen LogP contribution in [0.4, 0.5) is 0 Å². The highest BCUT2D eigenvalue weighted by molar-refractivity contribution is 9.10. The van der Waals surface area contributed by atoms with Gasteiger partial charge in [-0.1, -0.05) is 0 Å². The number of hydrogen-bond donors (Lipinski definition) is 1. The summed E-state index contributed by atoms with van der Waals surface area (Å²) in [6.45, 7) is 0. The van der Waals surface area contributed by atoms with Crippen molar-refractivity contribution < 1.29 is 23.7 Å². The van der Waals surface area contributed by atoms with Crippen LogP contribution in [0.2, 0.25) is 0 Å². The molecule has 2 aromatic carbocycles. The monoisotopic (exact) mass is 422 g/mol. The summed E-state index contributed by atoms with van der Waals surface area (Å²) in [6.07, 6.45) is 1.48. The molecule has 0 aliphatic rings. The standard InChI is InChI=1S/C18H19BrN2O5/c1-23-13-5-11(6-14(8-13)24-2)18(22)21-20-10-12-7-15(19)17(26-4)9-16(12)25-3/h5-10H,1-4H3,(H,21,22)/b20-10-. The zero-order chi connectivity index (χ0) is 19.1. The van der Waals surface area contributed by atoms with Crippen LogP contribution in [0.1, 0.15) is 15.9 Å². The van der Waals surface area contributed by atoms with Crippen molar-refractivity contribution in [1.82, 2.24) is 5.43 Å². The minimum absolute atomic E-state index is 0.362.